The van der Waals surface area contributed by atoms with Crippen LogP contribution in [0.3, 0.4) is 0 Å². The van der Waals surface area contributed by atoms with Crippen LogP contribution in [0.2, 0.25) is 0 Å². The quantitative estimate of drug-likeness (QED) is 0.375. The molecule has 7 atom stereocenters. The SMILES string of the molecule is COC(=O)[C@@]1(OP)CCC2C3CC=C4CC5(CC[C@]4(C)C3CC[C@@]21C)OCCO5. The summed E-state index contributed by atoms with van der Waals surface area (Å²) in [6.45, 7) is 6.20. The summed E-state index contributed by atoms with van der Waals surface area (Å²) in [4.78, 5) is 12.8. The summed E-state index contributed by atoms with van der Waals surface area (Å²) < 4.78 is 23.2. The Morgan fingerprint density at radius 2 is 1.83 bits per heavy atom. The van der Waals surface area contributed by atoms with Gasteiger partial charge in [-0.2, -0.15) is 0 Å². The largest absolute Gasteiger partial charge is 0.467 e. The van der Waals surface area contributed by atoms with E-state index in [1.807, 2.05) is 0 Å². The number of hydrogen-bond donors (Lipinski definition) is 0. The second kappa shape index (κ2) is 6.76. The molecule has 1 aliphatic heterocycles. The molecule has 5 nitrogen and oxygen atoms in total. The minimum Gasteiger partial charge on any atom is -0.467 e. The molecule has 0 amide bonds. The third-order valence-corrected chi connectivity index (χ3v) is 10.2. The van der Waals surface area contributed by atoms with E-state index in [1.54, 1.807) is 5.57 Å². The molecule has 0 radical (unpaired) electrons. The highest BCUT2D eigenvalue weighted by atomic mass is 31.0. The van der Waals surface area contributed by atoms with Crippen LogP contribution in [0.15, 0.2) is 11.6 Å². The van der Waals surface area contributed by atoms with E-state index in [-0.39, 0.29) is 22.6 Å². The maximum absolute atomic E-state index is 12.8. The summed E-state index contributed by atoms with van der Waals surface area (Å²) >= 11 is 0. The smallest absolute Gasteiger partial charge is 0.339 e. The van der Waals surface area contributed by atoms with Gasteiger partial charge in [-0.05, 0) is 61.7 Å². The van der Waals surface area contributed by atoms with Gasteiger partial charge >= 0.3 is 5.97 Å². The van der Waals surface area contributed by atoms with Crippen LogP contribution < -0.4 is 0 Å². The molecule has 1 heterocycles. The number of carbonyl (C=O) groups is 1. The maximum atomic E-state index is 12.8. The number of methoxy groups -OCH3 is 1. The van der Waals surface area contributed by atoms with E-state index in [0.29, 0.717) is 17.8 Å². The fraction of sp³-hybridized carbons (Fsp3) is 0.870. The van der Waals surface area contributed by atoms with Crippen LogP contribution in [0.4, 0.5) is 0 Å². The van der Waals surface area contributed by atoms with Crippen LogP contribution >= 0.6 is 9.47 Å². The summed E-state index contributed by atoms with van der Waals surface area (Å²) in [5.74, 6) is 1.20. The van der Waals surface area contributed by atoms with Gasteiger partial charge in [-0.3, -0.25) is 0 Å². The van der Waals surface area contributed by atoms with Crippen molar-refractivity contribution in [1.82, 2.24) is 0 Å². The lowest BCUT2D eigenvalue weighted by molar-refractivity contribution is -0.190. The molecule has 1 spiro atoms. The zero-order valence-electron chi connectivity index (χ0n) is 18.0. The van der Waals surface area contributed by atoms with Crippen molar-refractivity contribution in [3.63, 3.8) is 0 Å². The number of fused-ring (bicyclic) bond motifs is 5. The van der Waals surface area contributed by atoms with Gasteiger partial charge in [0.2, 0.25) is 0 Å². The summed E-state index contributed by atoms with van der Waals surface area (Å²) in [7, 11) is 3.86. The average Bonchev–Trinajstić information content (AvgIpc) is 3.30. The number of rotatable bonds is 2. The van der Waals surface area contributed by atoms with Gasteiger partial charge in [-0.1, -0.05) is 25.5 Å². The van der Waals surface area contributed by atoms with Crippen molar-refractivity contribution >= 4 is 15.4 Å². The Morgan fingerprint density at radius 1 is 1.10 bits per heavy atom. The predicted molar refractivity (Wildman–Crippen MR) is 112 cm³/mol. The summed E-state index contributed by atoms with van der Waals surface area (Å²) in [5, 5.41) is 0. The highest BCUT2D eigenvalue weighted by Crippen LogP contribution is 2.69. The molecule has 4 aliphatic carbocycles. The topological polar surface area (TPSA) is 54.0 Å². The van der Waals surface area contributed by atoms with Crippen molar-refractivity contribution in [3.8, 4) is 0 Å². The van der Waals surface area contributed by atoms with Gasteiger partial charge in [-0.15, -0.1) is 0 Å². The van der Waals surface area contributed by atoms with Gasteiger partial charge in [0.25, 0.3) is 0 Å². The number of esters is 1. The van der Waals surface area contributed by atoms with Crippen LogP contribution in [0.5, 0.6) is 0 Å². The van der Waals surface area contributed by atoms with Crippen molar-refractivity contribution < 1.29 is 23.5 Å². The van der Waals surface area contributed by atoms with Crippen molar-refractivity contribution in [1.29, 1.82) is 0 Å². The molecule has 5 aliphatic rings. The Kier molecular flexibility index (Phi) is 4.76. The lowest BCUT2D eigenvalue weighted by Crippen LogP contribution is -2.58. The minimum atomic E-state index is -0.824. The maximum Gasteiger partial charge on any atom is 0.339 e. The number of ether oxygens (including phenoxy) is 3. The fourth-order valence-corrected chi connectivity index (χ4v) is 8.57. The Hall–Kier alpha value is -0.480. The molecule has 162 valence electrons. The first-order valence-corrected chi connectivity index (χ1v) is 11.8. The molecule has 5 rings (SSSR count). The van der Waals surface area contributed by atoms with E-state index < -0.39 is 5.60 Å². The molecule has 4 unspecified atom stereocenters. The number of carbonyl (C=O) groups excluding carboxylic acids is 1. The second-order valence-electron chi connectivity index (χ2n) is 10.5. The van der Waals surface area contributed by atoms with Gasteiger partial charge in [0.15, 0.2) is 11.4 Å². The van der Waals surface area contributed by atoms with Gasteiger partial charge in [0.05, 0.1) is 20.3 Å². The minimum absolute atomic E-state index is 0.168. The van der Waals surface area contributed by atoms with E-state index >= 15 is 0 Å². The highest BCUT2D eigenvalue weighted by Gasteiger charge is 2.68. The van der Waals surface area contributed by atoms with Crippen LogP contribution in [0.1, 0.15) is 65.2 Å². The molecule has 0 bridgehead atoms. The van der Waals surface area contributed by atoms with Crippen molar-refractivity contribution in [2.75, 3.05) is 20.3 Å². The van der Waals surface area contributed by atoms with Crippen molar-refractivity contribution in [3.05, 3.63) is 11.6 Å². The lowest BCUT2D eigenvalue weighted by atomic mass is 9.46. The predicted octanol–water partition coefficient (Wildman–Crippen LogP) is 4.41. The zero-order chi connectivity index (χ0) is 20.5. The monoisotopic (exact) mass is 422 g/mol. The zero-order valence-corrected chi connectivity index (χ0v) is 19.2. The normalized spacial score (nSPS) is 47.9. The molecule has 0 aromatic heterocycles. The van der Waals surface area contributed by atoms with E-state index in [2.05, 4.69) is 29.4 Å². The molecule has 29 heavy (non-hydrogen) atoms. The molecule has 0 aromatic rings. The first-order valence-electron chi connectivity index (χ1n) is 11.3. The summed E-state index contributed by atoms with van der Waals surface area (Å²) in [5.41, 5.74) is 0.784. The highest BCUT2D eigenvalue weighted by molar-refractivity contribution is 7.10. The Labute approximate surface area is 176 Å². The third kappa shape index (κ3) is 2.57. The molecular formula is C23H35O5P. The Balaban J connectivity index is 1.46. The lowest BCUT2D eigenvalue weighted by Gasteiger charge is -2.59. The van der Waals surface area contributed by atoms with E-state index in [1.165, 1.54) is 7.11 Å². The van der Waals surface area contributed by atoms with Crippen LogP contribution in [-0.4, -0.2) is 37.7 Å². The van der Waals surface area contributed by atoms with Crippen LogP contribution in [0.25, 0.3) is 0 Å². The average molecular weight is 423 g/mol. The van der Waals surface area contributed by atoms with Gasteiger partial charge in [0.1, 0.15) is 0 Å². The number of hydrogen-bond acceptors (Lipinski definition) is 5. The van der Waals surface area contributed by atoms with Crippen LogP contribution in [-0.2, 0) is 23.5 Å². The number of allylic oxidation sites excluding steroid dienone is 1. The molecule has 4 fully saturated rings. The first kappa shape index (κ1) is 20.4. The summed E-state index contributed by atoms with van der Waals surface area (Å²) in [6.07, 6.45) is 10.6. The third-order valence-electron chi connectivity index (χ3n) is 9.76. The summed E-state index contributed by atoms with van der Waals surface area (Å²) in [6, 6.07) is 0. The van der Waals surface area contributed by atoms with E-state index in [9.17, 15) is 4.79 Å². The fourth-order valence-electron chi connectivity index (χ4n) is 8.09. The van der Waals surface area contributed by atoms with Gasteiger partial charge in [0, 0.05) is 27.7 Å². The molecule has 0 aromatic carbocycles. The van der Waals surface area contributed by atoms with Crippen molar-refractivity contribution in [2.24, 2.45) is 28.6 Å². The molecule has 1 saturated heterocycles. The van der Waals surface area contributed by atoms with E-state index in [4.69, 9.17) is 18.7 Å². The second-order valence-corrected chi connectivity index (χ2v) is 10.7. The molecule has 0 N–H and O–H groups in total. The standard InChI is InChI=1S/C23H35O5P/c1-20-10-11-22(26-12-13-27-22)14-15(20)4-5-16-17(20)6-8-21(2)18(16)7-9-23(21,28-29)19(24)25-3/h4,16-18H,5-14,29H2,1-3H3/t16?,17?,18?,20-,21-,23-/m0/s1. The van der Waals surface area contributed by atoms with Crippen molar-refractivity contribution in [2.45, 2.75) is 76.6 Å². The molecule has 6 heteroatoms. The van der Waals surface area contributed by atoms with E-state index in [0.717, 1.165) is 64.6 Å². The van der Waals surface area contributed by atoms with Crippen LogP contribution in [0, 0.1) is 28.6 Å². The van der Waals surface area contributed by atoms with Gasteiger partial charge in [-0.25, -0.2) is 4.79 Å². The molecular weight excluding hydrogens is 387 g/mol. The first-order chi connectivity index (χ1) is 13.8. The Morgan fingerprint density at radius 3 is 2.52 bits per heavy atom. The molecule has 3 saturated carbocycles. The van der Waals surface area contributed by atoms with Gasteiger partial charge < -0.3 is 18.7 Å². The Bertz CT molecular complexity index is 731.